The summed E-state index contributed by atoms with van der Waals surface area (Å²) in [6, 6.07) is 3.89. The second-order valence-corrected chi connectivity index (χ2v) is 4.01. The fourth-order valence-electron chi connectivity index (χ4n) is 1.26. The van der Waals surface area contributed by atoms with Crippen molar-refractivity contribution >= 4 is 29.3 Å². The number of carbonyl (C=O) groups excluding carboxylic acids is 1. The van der Waals surface area contributed by atoms with E-state index in [1.807, 2.05) is 0 Å². The molecule has 1 aromatic rings. The van der Waals surface area contributed by atoms with Crippen LogP contribution < -0.4 is 5.32 Å². The minimum absolute atomic E-state index is 0.00545. The third-order valence-electron chi connectivity index (χ3n) is 2.20. The lowest BCUT2D eigenvalue weighted by atomic mass is 10.2. The van der Waals surface area contributed by atoms with E-state index >= 15 is 0 Å². The molecule has 0 fully saturated rings. The number of carbonyl (C=O) groups is 2. The molecule has 0 aliphatic rings. The van der Waals surface area contributed by atoms with Gasteiger partial charge in [0.05, 0.1) is 10.6 Å². The van der Waals surface area contributed by atoms with Crippen molar-refractivity contribution in [2.45, 2.75) is 0 Å². The van der Waals surface area contributed by atoms with Crippen LogP contribution in [0.25, 0.3) is 0 Å². The van der Waals surface area contributed by atoms with Gasteiger partial charge in [0.25, 0.3) is 0 Å². The SMILES string of the molecule is C=CCN(C)C(=O)Nc1ccc(C(=O)O)c(Cl)c1. The van der Waals surface area contributed by atoms with Crippen LogP contribution in [0.4, 0.5) is 10.5 Å². The zero-order valence-electron chi connectivity index (χ0n) is 9.81. The van der Waals surface area contributed by atoms with Gasteiger partial charge in [-0.25, -0.2) is 9.59 Å². The lowest BCUT2D eigenvalue weighted by Crippen LogP contribution is -2.31. The molecule has 0 atom stereocenters. The molecule has 6 heteroatoms. The van der Waals surface area contributed by atoms with Crippen LogP contribution in [0.15, 0.2) is 30.9 Å². The van der Waals surface area contributed by atoms with Gasteiger partial charge in [0, 0.05) is 19.3 Å². The Bertz CT molecular complexity index is 488. The van der Waals surface area contributed by atoms with Gasteiger partial charge in [-0.15, -0.1) is 6.58 Å². The Kier molecular flexibility index (Phi) is 4.74. The van der Waals surface area contributed by atoms with Crippen molar-refractivity contribution in [3.05, 3.63) is 41.4 Å². The summed E-state index contributed by atoms with van der Waals surface area (Å²) in [5.74, 6) is -1.11. The first-order valence-corrected chi connectivity index (χ1v) is 5.49. The quantitative estimate of drug-likeness (QED) is 0.825. The zero-order chi connectivity index (χ0) is 13.7. The minimum Gasteiger partial charge on any atom is -0.478 e. The fourth-order valence-corrected chi connectivity index (χ4v) is 1.52. The maximum atomic E-state index is 11.6. The molecule has 1 rings (SSSR count). The molecule has 96 valence electrons. The van der Waals surface area contributed by atoms with Crippen LogP contribution in [-0.2, 0) is 0 Å². The number of urea groups is 1. The highest BCUT2D eigenvalue weighted by molar-refractivity contribution is 6.33. The highest BCUT2D eigenvalue weighted by Gasteiger charge is 2.11. The number of aromatic carboxylic acids is 1. The van der Waals surface area contributed by atoms with Gasteiger partial charge in [0.2, 0.25) is 0 Å². The van der Waals surface area contributed by atoms with Crippen LogP contribution in [0.5, 0.6) is 0 Å². The maximum absolute atomic E-state index is 11.6. The molecule has 1 aromatic carbocycles. The summed E-state index contributed by atoms with van der Waals surface area (Å²) >= 11 is 5.79. The van der Waals surface area contributed by atoms with Crippen LogP contribution in [0, 0.1) is 0 Å². The van der Waals surface area contributed by atoms with Gasteiger partial charge in [-0.3, -0.25) is 0 Å². The lowest BCUT2D eigenvalue weighted by molar-refractivity contribution is 0.0697. The van der Waals surface area contributed by atoms with Gasteiger partial charge in [-0.1, -0.05) is 17.7 Å². The standard InChI is InChI=1S/C12H13ClN2O3/c1-3-6-15(2)12(18)14-8-4-5-9(11(16)17)10(13)7-8/h3-5,7H,1,6H2,2H3,(H,14,18)(H,16,17). The highest BCUT2D eigenvalue weighted by Crippen LogP contribution is 2.21. The molecule has 0 saturated carbocycles. The van der Waals surface area contributed by atoms with Gasteiger partial charge in [0.15, 0.2) is 0 Å². The van der Waals surface area contributed by atoms with E-state index in [2.05, 4.69) is 11.9 Å². The summed E-state index contributed by atoms with van der Waals surface area (Å²) in [5.41, 5.74) is 0.431. The Hall–Kier alpha value is -2.01. The van der Waals surface area contributed by atoms with Crippen molar-refractivity contribution in [1.29, 1.82) is 0 Å². The molecule has 0 bridgehead atoms. The number of hydrogen-bond donors (Lipinski definition) is 2. The summed E-state index contributed by atoms with van der Waals surface area (Å²) in [4.78, 5) is 23.8. The first-order chi connectivity index (χ1) is 8.45. The molecular formula is C12H13ClN2O3. The molecule has 0 aliphatic carbocycles. The Morgan fingerprint density at radius 2 is 2.22 bits per heavy atom. The number of nitrogens with one attached hydrogen (secondary N) is 1. The van der Waals surface area contributed by atoms with Gasteiger partial charge in [-0.05, 0) is 18.2 Å². The third kappa shape index (κ3) is 3.49. The van der Waals surface area contributed by atoms with Gasteiger partial charge in [0.1, 0.15) is 0 Å². The number of carboxylic acid groups (broad SMARTS) is 1. The molecule has 0 heterocycles. The number of likely N-dealkylation sites (N-methyl/N-ethyl adjacent to an activating group) is 1. The molecule has 0 aromatic heterocycles. The number of nitrogens with zero attached hydrogens (tertiary/aromatic N) is 1. The number of amides is 2. The number of benzene rings is 1. The Balaban J connectivity index is 2.80. The predicted octanol–water partition coefficient (Wildman–Crippen LogP) is 2.69. The Morgan fingerprint density at radius 1 is 1.56 bits per heavy atom. The van der Waals surface area contributed by atoms with Crippen LogP contribution in [0.3, 0.4) is 0 Å². The summed E-state index contributed by atoms with van der Waals surface area (Å²) in [7, 11) is 1.62. The van der Waals surface area contributed by atoms with Crippen molar-refractivity contribution < 1.29 is 14.7 Å². The molecule has 0 radical (unpaired) electrons. The van der Waals surface area contributed by atoms with Crippen LogP contribution in [-0.4, -0.2) is 35.6 Å². The molecule has 0 saturated heterocycles. The molecule has 2 amide bonds. The molecular weight excluding hydrogens is 256 g/mol. The summed E-state index contributed by atoms with van der Waals surface area (Å²) < 4.78 is 0. The largest absolute Gasteiger partial charge is 0.478 e. The fraction of sp³-hybridized carbons (Fsp3) is 0.167. The molecule has 18 heavy (non-hydrogen) atoms. The monoisotopic (exact) mass is 268 g/mol. The molecule has 0 aliphatic heterocycles. The Labute approximate surface area is 110 Å². The van der Waals surface area contributed by atoms with E-state index in [0.717, 1.165) is 0 Å². The molecule has 5 nitrogen and oxygen atoms in total. The van der Waals surface area contributed by atoms with E-state index in [4.69, 9.17) is 16.7 Å². The van der Waals surface area contributed by atoms with E-state index in [9.17, 15) is 9.59 Å². The third-order valence-corrected chi connectivity index (χ3v) is 2.51. The van der Waals surface area contributed by atoms with Crippen molar-refractivity contribution in [2.75, 3.05) is 18.9 Å². The van der Waals surface area contributed by atoms with Crippen molar-refractivity contribution in [1.82, 2.24) is 4.90 Å². The average molecular weight is 269 g/mol. The molecule has 2 N–H and O–H groups in total. The van der Waals surface area contributed by atoms with Gasteiger partial charge in [-0.2, -0.15) is 0 Å². The zero-order valence-corrected chi connectivity index (χ0v) is 10.6. The van der Waals surface area contributed by atoms with E-state index in [-0.39, 0.29) is 16.6 Å². The van der Waals surface area contributed by atoms with Gasteiger partial charge >= 0.3 is 12.0 Å². The van der Waals surface area contributed by atoms with E-state index < -0.39 is 5.97 Å². The van der Waals surface area contributed by atoms with Crippen molar-refractivity contribution in [2.24, 2.45) is 0 Å². The number of carboxylic acids is 1. The van der Waals surface area contributed by atoms with Crippen LogP contribution in [0.1, 0.15) is 10.4 Å². The molecule has 0 spiro atoms. The number of halogens is 1. The average Bonchev–Trinajstić information content (AvgIpc) is 2.28. The smallest absolute Gasteiger partial charge is 0.337 e. The highest BCUT2D eigenvalue weighted by atomic mass is 35.5. The topological polar surface area (TPSA) is 69.6 Å². The van der Waals surface area contributed by atoms with Gasteiger partial charge < -0.3 is 15.3 Å². The second kappa shape index (κ2) is 6.07. The summed E-state index contributed by atoms with van der Waals surface area (Å²) in [6.45, 7) is 3.94. The van der Waals surface area contributed by atoms with Crippen molar-refractivity contribution in [3.8, 4) is 0 Å². The van der Waals surface area contributed by atoms with E-state index in [1.165, 1.54) is 23.1 Å². The summed E-state index contributed by atoms with van der Waals surface area (Å²) in [5, 5.41) is 11.5. The Morgan fingerprint density at radius 3 is 2.72 bits per heavy atom. The minimum atomic E-state index is -1.11. The summed E-state index contributed by atoms with van der Waals surface area (Å²) in [6.07, 6.45) is 1.60. The van der Waals surface area contributed by atoms with Crippen LogP contribution >= 0.6 is 11.6 Å². The number of rotatable bonds is 4. The number of hydrogen-bond acceptors (Lipinski definition) is 2. The normalized spacial score (nSPS) is 9.67. The first kappa shape index (κ1) is 14.1. The van der Waals surface area contributed by atoms with E-state index in [1.54, 1.807) is 13.1 Å². The van der Waals surface area contributed by atoms with Crippen LogP contribution in [0.2, 0.25) is 5.02 Å². The van der Waals surface area contributed by atoms with Crippen molar-refractivity contribution in [3.63, 3.8) is 0 Å². The lowest BCUT2D eigenvalue weighted by Gasteiger charge is -2.16. The number of anilines is 1. The van der Waals surface area contributed by atoms with E-state index in [0.29, 0.717) is 12.2 Å². The molecule has 0 unspecified atom stereocenters. The maximum Gasteiger partial charge on any atom is 0.337 e. The predicted molar refractivity (Wildman–Crippen MR) is 70.3 cm³/mol. The first-order valence-electron chi connectivity index (χ1n) is 5.11. The second-order valence-electron chi connectivity index (χ2n) is 3.60.